The Morgan fingerprint density at radius 3 is 2.43 bits per heavy atom. The van der Waals surface area contributed by atoms with Crippen molar-refractivity contribution in [2.45, 2.75) is 12.1 Å². The smallest absolute Gasteiger partial charge is 0.497 e. The van der Waals surface area contributed by atoms with Crippen LogP contribution in [-0.2, 0) is 16.7 Å². The van der Waals surface area contributed by atoms with E-state index < -0.39 is 21.4 Å². The van der Waals surface area contributed by atoms with E-state index in [9.17, 15) is 26.9 Å². The molecule has 0 unspecified atom stereocenters. The molecule has 1 heterocycles. The second-order valence-electron chi connectivity index (χ2n) is 5.62. The molecule has 28 heavy (non-hydrogen) atoms. The van der Waals surface area contributed by atoms with Gasteiger partial charge in [-0.25, -0.2) is 0 Å². The molecule has 0 atom stereocenters. The maximum Gasteiger partial charge on any atom is 0.534 e. The third-order valence-corrected chi connectivity index (χ3v) is 4.82. The molecule has 7 nitrogen and oxygen atoms in total. The van der Waals surface area contributed by atoms with Crippen molar-refractivity contribution < 1.29 is 30.5 Å². The molecule has 1 aromatic heterocycles. The maximum absolute atomic E-state index is 12.6. The number of methoxy groups -OCH3 is 1. The molecular formula is C17H12F3N3O4S. The summed E-state index contributed by atoms with van der Waals surface area (Å²) in [6.07, 6.45) is 1.42. The lowest BCUT2D eigenvalue weighted by Crippen LogP contribution is -2.28. The molecule has 0 aliphatic carbocycles. The first kappa shape index (κ1) is 19.5. The Balaban J connectivity index is 2.05. The number of benzene rings is 2. The highest BCUT2D eigenvalue weighted by Gasteiger charge is 2.49. The van der Waals surface area contributed by atoms with Crippen molar-refractivity contribution in [3.05, 3.63) is 53.7 Å². The third-order valence-electron chi connectivity index (χ3n) is 3.85. The first-order valence-corrected chi connectivity index (χ1v) is 9.09. The fourth-order valence-corrected chi connectivity index (χ4v) is 3.00. The minimum atomic E-state index is -5.91. The number of hydrogen-bond donors (Lipinski definition) is 0. The number of fused-ring (bicyclic) bond motifs is 1. The number of nitriles is 1. The lowest BCUT2D eigenvalue weighted by molar-refractivity contribution is -0.0500. The van der Waals surface area contributed by atoms with Crippen LogP contribution in [-0.4, -0.2) is 30.8 Å². The largest absolute Gasteiger partial charge is 0.534 e. The SMILES string of the molecule is COc1ccc(Cn2ncc3ccc(OS(=O)(=O)C(F)(F)F)c(C#N)c32)cc1. The second-order valence-corrected chi connectivity index (χ2v) is 7.16. The van der Waals surface area contributed by atoms with Crippen molar-refractivity contribution in [3.63, 3.8) is 0 Å². The molecule has 146 valence electrons. The van der Waals surface area contributed by atoms with Crippen LogP contribution in [0.2, 0.25) is 0 Å². The van der Waals surface area contributed by atoms with E-state index in [0.29, 0.717) is 11.1 Å². The first-order chi connectivity index (χ1) is 13.2. The summed E-state index contributed by atoms with van der Waals surface area (Å²) in [6.45, 7) is 0.192. The molecule has 0 N–H and O–H groups in total. The fourth-order valence-electron chi connectivity index (χ4n) is 2.53. The predicted molar refractivity (Wildman–Crippen MR) is 92.1 cm³/mol. The normalized spacial score (nSPS) is 12.0. The van der Waals surface area contributed by atoms with Crippen molar-refractivity contribution in [2.75, 3.05) is 7.11 Å². The van der Waals surface area contributed by atoms with Crippen LogP contribution in [0.15, 0.2) is 42.6 Å². The van der Waals surface area contributed by atoms with Crippen LogP contribution < -0.4 is 8.92 Å². The molecule has 3 rings (SSSR count). The molecule has 0 saturated carbocycles. The lowest BCUT2D eigenvalue weighted by atomic mass is 10.1. The summed E-state index contributed by atoms with van der Waals surface area (Å²) in [7, 11) is -4.39. The zero-order valence-corrected chi connectivity index (χ0v) is 15.1. The highest BCUT2D eigenvalue weighted by molar-refractivity contribution is 7.88. The fraction of sp³-hybridized carbons (Fsp3) is 0.176. The molecule has 0 aliphatic rings. The van der Waals surface area contributed by atoms with E-state index >= 15 is 0 Å². The van der Waals surface area contributed by atoms with Gasteiger partial charge >= 0.3 is 15.6 Å². The van der Waals surface area contributed by atoms with E-state index in [1.165, 1.54) is 24.1 Å². The molecule has 3 aromatic rings. The van der Waals surface area contributed by atoms with Gasteiger partial charge in [-0.15, -0.1) is 0 Å². The van der Waals surface area contributed by atoms with E-state index in [0.717, 1.165) is 11.6 Å². The number of hydrogen-bond acceptors (Lipinski definition) is 6. The summed E-state index contributed by atoms with van der Waals surface area (Å²) in [6, 6.07) is 11.0. The van der Waals surface area contributed by atoms with Gasteiger partial charge < -0.3 is 8.92 Å². The van der Waals surface area contributed by atoms with Gasteiger partial charge in [0.05, 0.1) is 25.4 Å². The zero-order chi connectivity index (χ0) is 20.5. The van der Waals surface area contributed by atoms with Gasteiger partial charge in [0.25, 0.3) is 0 Å². The molecule has 0 saturated heterocycles. The first-order valence-electron chi connectivity index (χ1n) is 7.68. The van der Waals surface area contributed by atoms with E-state index in [1.54, 1.807) is 30.3 Å². The Kier molecular flexibility index (Phi) is 4.91. The molecule has 0 fully saturated rings. The molecule has 0 radical (unpaired) electrons. The average molecular weight is 411 g/mol. The predicted octanol–water partition coefficient (Wildman–Crippen LogP) is 3.19. The Hall–Kier alpha value is -3.26. The van der Waals surface area contributed by atoms with Crippen LogP contribution in [0.3, 0.4) is 0 Å². The van der Waals surface area contributed by atoms with Gasteiger partial charge in [0, 0.05) is 5.39 Å². The maximum atomic E-state index is 12.6. The minimum Gasteiger partial charge on any atom is -0.497 e. The van der Waals surface area contributed by atoms with Crippen molar-refractivity contribution in [1.29, 1.82) is 5.26 Å². The Morgan fingerprint density at radius 2 is 1.86 bits per heavy atom. The standard InChI is InChI=1S/C17H12F3N3O4S/c1-26-13-5-2-11(3-6-13)10-23-16-12(9-22-23)4-7-15(14(16)8-21)27-28(24,25)17(18,19)20/h2-7,9H,10H2,1H3. The molecule has 0 aliphatic heterocycles. The minimum absolute atomic E-state index is 0.160. The van der Waals surface area contributed by atoms with Crippen molar-refractivity contribution >= 4 is 21.0 Å². The molecular weight excluding hydrogens is 399 g/mol. The third kappa shape index (κ3) is 3.59. The summed E-state index contributed by atoms with van der Waals surface area (Å²) in [5, 5.41) is 14.0. The van der Waals surface area contributed by atoms with Crippen molar-refractivity contribution in [1.82, 2.24) is 9.78 Å². The highest BCUT2D eigenvalue weighted by Crippen LogP contribution is 2.32. The topological polar surface area (TPSA) is 94.2 Å². The Labute approximate surface area is 157 Å². The number of aromatic nitrogens is 2. The zero-order valence-electron chi connectivity index (χ0n) is 14.3. The second kappa shape index (κ2) is 7.05. The van der Waals surface area contributed by atoms with Crippen LogP contribution in [0.1, 0.15) is 11.1 Å². The van der Waals surface area contributed by atoms with Gasteiger partial charge in [-0.05, 0) is 29.8 Å². The van der Waals surface area contributed by atoms with Gasteiger partial charge in [-0.2, -0.15) is 31.9 Å². The molecule has 0 spiro atoms. The van der Waals surface area contributed by atoms with Gasteiger partial charge in [0.1, 0.15) is 17.4 Å². The van der Waals surface area contributed by atoms with Crippen LogP contribution in [0.4, 0.5) is 13.2 Å². The number of alkyl halides is 3. The van der Waals surface area contributed by atoms with Gasteiger partial charge in [0.15, 0.2) is 5.75 Å². The monoisotopic (exact) mass is 411 g/mol. The van der Waals surface area contributed by atoms with Gasteiger partial charge in [-0.3, -0.25) is 4.68 Å². The van der Waals surface area contributed by atoms with Crippen molar-refractivity contribution in [2.24, 2.45) is 0 Å². The van der Waals surface area contributed by atoms with Crippen LogP contribution in [0.5, 0.6) is 11.5 Å². The van der Waals surface area contributed by atoms with E-state index in [4.69, 9.17) is 4.74 Å². The highest BCUT2D eigenvalue weighted by atomic mass is 32.2. The van der Waals surface area contributed by atoms with Gasteiger partial charge in [0.2, 0.25) is 0 Å². The van der Waals surface area contributed by atoms with Crippen LogP contribution in [0.25, 0.3) is 10.9 Å². The van der Waals surface area contributed by atoms with E-state index in [-0.39, 0.29) is 17.6 Å². The number of ether oxygens (including phenoxy) is 1. The average Bonchev–Trinajstić information content (AvgIpc) is 3.04. The molecule has 0 bridgehead atoms. The van der Waals surface area contributed by atoms with Crippen LogP contribution in [0, 0.1) is 11.3 Å². The summed E-state index contributed by atoms with van der Waals surface area (Å²) < 4.78 is 71.1. The summed E-state index contributed by atoms with van der Waals surface area (Å²) in [5.41, 5.74) is -5.04. The molecule has 0 amide bonds. The molecule has 11 heteroatoms. The lowest BCUT2D eigenvalue weighted by Gasteiger charge is -2.12. The number of nitrogens with zero attached hydrogens (tertiary/aromatic N) is 3. The van der Waals surface area contributed by atoms with Gasteiger partial charge in [-0.1, -0.05) is 12.1 Å². The van der Waals surface area contributed by atoms with Crippen LogP contribution >= 0.6 is 0 Å². The molecule has 2 aromatic carbocycles. The summed E-state index contributed by atoms with van der Waals surface area (Å²) >= 11 is 0. The Morgan fingerprint density at radius 1 is 1.18 bits per heavy atom. The van der Waals surface area contributed by atoms with E-state index in [1.807, 2.05) is 0 Å². The van der Waals surface area contributed by atoms with E-state index in [2.05, 4.69) is 9.28 Å². The summed E-state index contributed by atoms with van der Waals surface area (Å²) in [4.78, 5) is 0. The van der Waals surface area contributed by atoms with Crippen molar-refractivity contribution in [3.8, 4) is 17.6 Å². The summed E-state index contributed by atoms with van der Waals surface area (Å²) in [5.74, 6) is -0.0800. The number of rotatable bonds is 5. The number of halogens is 3. The Bertz CT molecular complexity index is 1160. The quantitative estimate of drug-likeness (QED) is 0.473.